The SMILES string of the molecule is C=CCNC(=O)OCCOCc1ccccc1. The summed E-state index contributed by atoms with van der Waals surface area (Å²) in [4.78, 5) is 11.0. The van der Waals surface area contributed by atoms with E-state index >= 15 is 0 Å². The lowest BCUT2D eigenvalue weighted by Crippen LogP contribution is -2.25. The number of rotatable bonds is 7. The van der Waals surface area contributed by atoms with Gasteiger partial charge in [-0.3, -0.25) is 0 Å². The van der Waals surface area contributed by atoms with Crippen LogP contribution in [0.3, 0.4) is 0 Å². The largest absolute Gasteiger partial charge is 0.447 e. The van der Waals surface area contributed by atoms with E-state index in [9.17, 15) is 4.79 Å². The maximum Gasteiger partial charge on any atom is 0.407 e. The molecular formula is C13H17NO3. The van der Waals surface area contributed by atoms with Gasteiger partial charge in [-0.2, -0.15) is 0 Å². The number of amides is 1. The van der Waals surface area contributed by atoms with Crippen LogP contribution in [-0.2, 0) is 16.1 Å². The second kappa shape index (κ2) is 8.35. The van der Waals surface area contributed by atoms with Crippen LogP contribution in [0.1, 0.15) is 5.56 Å². The van der Waals surface area contributed by atoms with Crippen molar-refractivity contribution in [2.75, 3.05) is 19.8 Å². The van der Waals surface area contributed by atoms with Gasteiger partial charge in [-0.25, -0.2) is 4.79 Å². The predicted molar refractivity (Wildman–Crippen MR) is 65.6 cm³/mol. The zero-order valence-electron chi connectivity index (χ0n) is 9.72. The molecule has 1 N–H and O–H groups in total. The van der Waals surface area contributed by atoms with Crippen molar-refractivity contribution in [2.24, 2.45) is 0 Å². The van der Waals surface area contributed by atoms with E-state index < -0.39 is 6.09 Å². The summed E-state index contributed by atoms with van der Waals surface area (Å²) in [5, 5.41) is 2.51. The number of carbonyl (C=O) groups excluding carboxylic acids is 1. The summed E-state index contributed by atoms with van der Waals surface area (Å²) >= 11 is 0. The fraction of sp³-hybridized carbons (Fsp3) is 0.308. The highest BCUT2D eigenvalue weighted by molar-refractivity contribution is 5.67. The molecule has 0 aromatic heterocycles. The second-order valence-electron chi connectivity index (χ2n) is 3.34. The molecule has 4 heteroatoms. The molecule has 4 nitrogen and oxygen atoms in total. The molecule has 1 amide bonds. The summed E-state index contributed by atoms with van der Waals surface area (Å²) in [6.07, 6.45) is 1.14. The molecule has 0 bridgehead atoms. The third-order valence-electron chi connectivity index (χ3n) is 1.96. The highest BCUT2D eigenvalue weighted by Crippen LogP contribution is 1.99. The van der Waals surface area contributed by atoms with Crippen LogP contribution in [0.4, 0.5) is 4.79 Å². The van der Waals surface area contributed by atoms with Crippen molar-refractivity contribution in [3.63, 3.8) is 0 Å². The molecule has 1 aromatic carbocycles. The minimum atomic E-state index is -0.451. The second-order valence-corrected chi connectivity index (χ2v) is 3.34. The lowest BCUT2D eigenvalue weighted by molar-refractivity contribution is 0.0651. The van der Waals surface area contributed by atoms with Crippen molar-refractivity contribution in [1.82, 2.24) is 5.32 Å². The van der Waals surface area contributed by atoms with Gasteiger partial charge in [0.1, 0.15) is 6.61 Å². The molecule has 0 aliphatic heterocycles. The van der Waals surface area contributed by atoms with Gasteiger partial charge in [-0.05, 0) is 5.56 Å². The molecule has 0 fully saturated rings. The number of nitrogens with one attached hydrogen (secondary N) is 1. The smallest absolute Gasteiger partial charge is 0.407 e. The molecule has 0 saturated heterocycles. The first-order chi connectivity index (χ1) is 8.33. The van der Waals surface area contributed by atoms with Crippen LogP contribution in [0.15, 0.2) is 43.0 Å². The van der Waals surface area contributed by atoms with Crippen molar-refractivity contribution in [1.29, 1.82) is 0 Å². The van der Waals surface area contributed by atoms with Crippen LogP contribution in [0, 0.1) is 0 Å². The van der Waals surface area contributed by atoms with Gasteiger partial charge in [-0.1, -0.05) is 36.4 Å². The molecule has 1 rings (SSSR count). The monoisotopic (exact) mass is 235 g/mol. The molecule has 0 unspecified atom stereocenters. The van der Waals surface area contributed by atoms with Gasteiger partial charge >= 0.3 is 6.09 Å². The third-order valence-corrected chi connectivity index (χ3v) is 1.96. The fourth-order valence-corrected chi connectivity index (χ4v) is 1.16. The average molecular weight is 235 g/mol. The Hall–Kier alpha value is -1.81. The maximum absolute atomic E-state index is 11.0. The summed E-state index contributed by atoms with van der Waals surface area (Å²) in [6, 6.07) is 9.84. The van der Waals surface area contributed by atoms with Gasteiger partial charge in [0.2, 0.25) is 0 Å². The molecule has 0 radical (unpaired) electrons. The quantitative estimate of drug-likeness (QED) is 0.581. The van der Waals surface area contributed by atoms with Gasteiger partial charge in [0.15, 0.2) is 0 Å². The van der Waals surface area contributed by atoms with Crippen LogP contribution in [0.25, 0.3) is 0 Å². The van der Waals surface area contributed by atoms with E-state index in [0.29, 0.717) is 19.8 Å². The summed E-state index contributed by atoms with van der Waals surface area (Å²) in [7, 11) is 0. The summed E-state index contributed by atoms with van der Waals surface area (Å²) in [5.74, 6) is 0. The summed E-state index contributed by atoms with van der Waals surface area (Å²) in [6.45, 7) is 5.04. The number of hydrogen-bond acceptors (Lipinski definition) is 3. The zero-order valence-corrected chi connectivity index (χ0v) is 9.72. The van der Waals surface area contributed by atoms with Gasteiger partial charge in [0, 0.05) is 6.54 Å². The molecule has 0 spiro atoms. The Labute approximate surface area is 101 Å². The first-order valence-corrected chi connectivity index (χ1v) is 5.46. The first-order valence-electron chi connectivity index (χ1n) is 5.46. The Morgan fingerprint density at radius 1 is 1.29 bits per heavy atom. The third kappa shape index (κ3) is 6.37. The van der Waals surface area contributed by atoms with E-state index in [1.807, 2.05) is 30.3 Å². The van der Waals surface area contributed by atoms with Crippen molar-refractivity contribution in [2.45, 2.75) is 6.61 Å². The summed E-state index contributed by atoms with van der Waals surface area (Å²) < 4.78 is 10.2. The molecular weight excluding hydrogens is 218 g/mol. The minimum Gasteiger partial charge on any atom is -0.447 e. The predicted octanol–water partition coefficient (Wildman–Crippen LogP) is 2.12. The molecule has 17 heavy (non-hydrogen) atoms. The number of alkyl carbamates (subject to hydrolysis) is 1. The van der Waals surface area contributed by atoms with Crippen molar-refractivity contribution in [3.8, 4) is 0 Å². The Bertz CT molecular complexity index is 338. The molecule has 92 valence electrons. The van der Waals surface area contributed by atoms with E-state index in [2.05, 4.69) is 11.9 Å². The van der Waals surface area contributed by atoms with Crippen molar-refractivity contribution >= 4 is 6.09 Å². The Morgan fingerprint density at radius 3 is 2.76 bits per heavy atom. The molecule has 0 heterocycles. The van der Waals surface area contributed by atoms with Crippen LogP contribution in [0.2, 0.25) is 0 Å². The van der Waals surface area contributed by atoms with Crippen LogP contribution < -0.4 is 5.32 Å². The Morgan fingerprint density at radius 2 is 2.06 bits per heavy atom. The van der Waals surface area contributed by atoms with Gasteiger partial charge in [0.25, 0.3) is 0 Å². The molecule has 0 aliphatic carbocycles. The number of benzene rings is 1. The topological polar surface area (TPSA) is 47.6 Å². The Balaban J connectivity index is 2.01. The normalized spacial score (nSPS) is 9.65. The van der Waals surface area contributed by atoms with Crippen LogP contribution >= 0.6 is 0 Å². The van der Waals surface area contributed by atoms with Gasteiger partial charge in [0.05, 0.1) is 13.2 Å². The average Bonchev–Trinajstić information content (AvgIpc) is 2.37. The lowest BCUT2D eigenvalue weighted by Gasteiger charge is -2.06. The van der Waals surface area contributed by atoms with E-state index in [0.717, 1.165) is 5.56 Å². The van der Waals surface area contributed by atoms with E-state index in [4.69, 9.17) is 9.47 Å². The van der Waals surface area contributed by atoms with Crippen LogP contribution in [-0.4, -0.2) is 25.9 Å². The molecule has 0 atom stereocenters. The maximum atomic E-state index is 11.0. The standard InChI is InChI=1S/C13H17NO3/c1-2-8-14-13(15)17-10-9-16-11-12-6-4-3-5-7-12/h2-7H,1,8-11H2,(H,14,15). The molecule has 1 aromatic rings. The van der Waals surface area contributed by atoms with Crippen molar-refractivity contribution in [3.05, 3.63) is 48.6 Å². The molecule has 0 saturated carbocycles. The first kappa shape index (κ1) is 13.3. The van der Waals surface area contributed by atoms with Crippen molar-refractivity contribution < 1.29 is 14.3 Å². The fourth-order valence-electron chi connectivity index (χ4n) is 1.16. The molecule has 0 aliphatic rings. The lowest BCUT2D eigenvalue weighted by atomic mass is 10.2. The number of hydrogen-bond donors (Lipinski definition) is 1. The highest BCUT2D eigenvalue weighted by atomic mass is 16.6. The zero-order chi connectivity index (χ0) is 12.3. The van der Waals surface area contributed by atoms with Gasteiger partial charge < -0.3 is 14.8 Å². The minimum absolute atomic E-state index is 0.246. The number of ether oxygens (including phenoxy) is 2. The van der Waals surface area contributed by atoms with Crippen LogP contribution in [0.5, 0.6) is 0 Å². The van der Waals surface area contributed by atoms with Gasteiger partial charge in [-0.15, -0.1) is 6.58 Å². The number of carbonyl (C=O) groups is 1. The van der Waals surface area contributed by atoms with E-state index in [1.165, 1.54) is 0 Å². The Kier molecular flexibility index (Phi) is 6.51. The summed E-state index contributed by atoms with van der Waals surface area (Å²) in [5.41, 5.74) is 1.10. The highest BCUT2D eigenvalue weighted by Gasteiger charge is 1.98. The van der Waals surface area contributed by atoms with E-state index in [1.54, 1.807) is 6.08 Å². The van der Waals surface area contributed by atoms with E-state index in [-0.39, 0.29) is 6.61 Å².